The molecule has 3 aromatic carbocycles. The van der Waals surface area contributed by atoms with Gasteiger partial charge in [0.25, 0.3) is 11.8 Å². The number of aliphatic hydroxyl groups is 1. The zero-order valence-electron chi connectivity index (χ0n) is 46.2. The van der Waals surface area contributed by atoms with Gasteiger partial charge in [-0.3, -0.25) is 38.4 Å². The number of aliphatic hydroxyl groups excluding tert-OH is 1. The van der Waals surface area contributed by atoms with E-state index in [2.05, 4.69) is 37.3 Å². The van der Waals surface area contributed by atoms with Gasteiger partial charge in [-0.25, -0.2) is 9.37 Å². The number of aromatic nitrogens is 1. The second kappa shape index (κ2) is 26.7. The van der Waals surface area contributed by atoms with Crippen molar-refractivity contribution in [2.75, 3.05) is 33.2 Å². The Labute approximate surface area is 469 Å². The zero-order valence-corrected chi connectivity index (χ0v) is 47.0. The summed E-state index contributed by atoms with van der Waals surface area (Å²) < 4.78 is 14.7. The molecule has 21 heteroatoms. The number of phenols is 1. The number of nitrogens with one attached hydrogen (secondary N) is 5. The van der Waals surface area contributed by atoms with Crippen LogP contribution in [0.25, 0.3) is 10.4 Å². The Hall–Kier alpha value is -7.36. The molecule has 428 valence electrons. The summed E-state index contributed by atoms with van der Waals surface area (Å²) in [4.78, 5) is 114. The van der Waals surface area contributed by atoms with E-state index in [9.17, 15) is 53.0 Å². The fraction of sp³-hybridized carbons (Fsp3) is 0.475. The van der Waals surface area contributed by atoms with Crippen LogP contribution in [-0.2, 0) is 35.2 Å². The van der Waals surface area contributed by atoms with E-state index in [0.717, 1.165) is 59.9 Å². The number of benzene rings is 3. The summed E-state index contributed by atoms with van der Waals surface area (Å²) in [5.41, 5.74) is 7.29. The van der Waals surface area contributed by atoms with Crippen molar-refractivity contribution in [2.24, 2.45) is 5.41 Å². The molecule has 2 fully saturated rings. The Balaban J connectivity index is 0.815. The number of fused-ring (bicyclic) bond motifs is 1. The van der Waals surface area contributed by atoms with E-state index < -0.39 is 76.4 Å². The number of phenolic OH excluding ortho intramolecular Hbond substituents is 1. The minimum Gasteiger partial charge on any atom is -0.507 e. The summed E-state index contributed by atoms with van der Waals surface area (Å²) in [6, 6.07) is 15.9. The number of likely N-dealkylation sites (tertiary alicyclic amines) is 1. The molecule has 0 bridgehead atoms. The molecule has 0 radical (unpaired) electrons. The molecule has 10 N–H and O–H groups in total. The van der Waals surface area contributed by atoms with E-state index in [1.165, 1.54) is 51.9 Å². The van der Waals surface area contributed by atoms with E-state index in [0.29, 0.717) is 24.9 Å². The molecule has 1 saturated carbocycles. The standard InChI is InChI=1S/C59H74FN9O10S/c1-35-51(80-34-64-35)38-18-16-37(17-19-38)45(66-54(76)46-30-40(70)33-69(46)56(78)52(58(2,3)4)67-57(79)59(60)24-25-59)32-50(74)62-26-12-8-6-7-9-15-49(73)63-27-28-68(5)55(77)42-22-20-39(29-48(42)72)47(71)31-43(61)53(75)65-44-23-21-36-13-10-11-14-41(36)44/h10-11,13-14,16-20,22,29,31,34,40,44-46,52,70,72H,6-9,12,15,21,23-28,30,32-33,61H2,1-5H3,(H,62,74)(H,63,73)(H,65,75)(H,66,76)(H,67,79)/p+1/b43-31-/t40-,44?,45+,46+,52-/m1/s1. The van der Waals surface area contributed by atoms with Crippen LogP contribution in [0.4, 0.5) is 4.39 Å². The van der Waals surface area contributed by atoms with Crippen molar-refractivity contribution >= 4 is 58.5 Å². The molecule has 3 aliphatic rings. The minimum absolute atomic E-state index is 0.0309. The van der Waals surface area contributed by atoms with Crippen LogP contribution in [0.15, 0.2) is 84.0 Å². The van der Waals surface area contributed by atoms with Gasteiger partial charge in [-0.2, -0.15) is 0 Å². The number of carbonyl (C=O) groups is 8. The Kier molecular flexibility index (Phi) is 20.1. The first-order valence-electron chi connectivity index (χ1n) is 27.4. The van der Waals surface area contributed by atoms with Crippen molar-refractivity contribution in [1.29, 1.82) is 0 Å². The van der Waals surface area contributed by atoms with Crippen molar-refractivity contribution in [3.63, 3.8) is 0 Å². The summed E-state index contributed by atoms with van der Waals surface area (Å²) in [7, 11) is 1.53. The van der Waals surface area contributed by atoms with Crippen molar-refractivity contribution in [3.8, 4) is 16.2 Å². The number of halogens is 1. The van der Waals surface area contributed by atoms with Gasteiger partial charge in [0.15, 0.2) is 17.1 Å². The maximum atomic E-state index is 14.7. The number of aryl methyl sites for hydroxylation is 2. The highest BCUT2D eigenvalue weighted by Gasteiger charge is 2.53. The molecular weight excluding hydrogens is 1050 g/mol. The monoisotopic (exact) mass is 1120 g/mol. The van der Waals surface area contributed by atoms with Gasteiger partial charge in [0, 0.05) is 51.6 Å². The molecule has 7 rings (SSSR count). The lowest BCUT2D eigenvalue weighted by molar-refractivity contribution is -0.298. The minimum atomic E-state index is -2.02. The Morgan fingerprint density at radius 1 is 0.925 bits per heavy atom. The quantitative estimate of drug-likeness (QED) is 0.0253. The van der Waals surface area contributed by atoms with E-state index >= 15 is 0 Å². The number of carbonyl (C=O) groups excluding carboxylic acids is 8. The average molecular weight is 1120 g/mol. The van der Waals surface area contributed by atoms with Gasteiger partial charge in [-0.05, 0) is 91.3 Å². The number of amides is 7. The fourth-order valence-electron chi connectivity index (χ4n) is 10.00. The topological polar surface area (TPSA) is 284 Å². The van der Waals surface area contributed by atoms with Crippen molar-refractivity contribution in [3.05, 3.63) is 118 Å². The summed E-state index contributed by atoms with van der Waals surface area (Å²) >= 11 is 1.49. The maximum absolute atomic E-state index is 14.7. The van der Waals surface area contributed by atoms with E-state index in [-0.39, 0.29) is 86.4 Å². The van der Waals surface area contributed by atoms with E-state index in [1.54, 1.807) is 26.3 Å². The second-order valence-electron chi connectivity index (χ2n) is 22.3. The third-order valence-corrected chi connectivity index (χ3v) is 15.9. The molecule has 2 heterocycles. The van der Waals surface area contributed by atoms with Crippen LogP contribution in [0.1, 0.15) is 147 Å². The number of hydrogen-bond acceptors (Lipinski definition) is 12. The second-order valence-corrected chi connectivity index (χ2v) is 23.1. The smallest absolute Gasteiger partial charge is 0.305 e. The van der Waals surface area contributed by atoms with Crippen LogP contribution in [0, 0.1) is 12.3 Å². The number of alkyl halides is 1. The molecule has 19 nitrogen and oxygen atoms in total. The molecule has 5 atom stereocenters. The third kappa shape index (κ3) is 15.7. The van der Waals surface area contributed by atoms with Crippen LogP contribution in [0.3, 0.4) is 0 Å². The molecule has 1 aromatic heterocycles. The molecule has 4 aromatic rings. The zero-order chi connectivity index (χ0) is 57.9. The first kappa shape index (κ1) is 60.3. The molecule has 7 amide bonds. The number of allylic oxidation sites excluding steroid dienone is 1. The van der Waals surface area contributed by atoms with Crippen LogP contribution in [0.2, 0.25) is 0 Å². The lowest BCUT2D eigenvalue weighted by atomic mass is 9.85. The van der Waals surface area contributed by atoms with Gasteiger partial charge >= 0.3 is 5.91 Å². The van der Waals surface area contributed by atoms with Gasteiger partial charge in [0.1, 0.15) is 17.8 Å². The summed E-state index contributed by atoms with van der Waals surface area (Å²) in [5.74, 6) is -4.52. The van der Waals surface area contributed by atoms with Gasteiger partial charge < -0.3 is 52.3 Å². The molecule has 0 spiro atoms. The number of aromatic hydroxyl groups is 1. The van der Waals surface area contributed by atoms with Crippen LogP contribution in [0.5, 0.6) is 5.75 Å². The molecule has 80 heavy (non-hydrogen) atoms. The fourth-order valence-corrected chi connectivity index (χ4v) is 10.8. The predicted octanol–water partition coefficient (Wildman–Crippen LogP) is 4.82. The van der Waals surface area contributed by atoms with Gasteiger partial charge in [0.2, 0.25) is 23.6 Å². The highest BCUT2D eigenvalue weighted by Crippen LogP contribution is 2.41. The van der Waals surface area contributed by atoms with Gasteiger partial charge in [-0.1, -0.05) is 88.6 Å². The summed E-state index contributed by atoms with van der Waals surface area (Å²) in [6.07, 6.45) is 5.54. The van der Waals surface area contributed by atoms with Crippen molar-refractivity contribution in [1.82, 2.24) is 41.4 Å². The van der Waals surface area contributed by atoms with E-state index in [1.807, 2.05) is 55.5 Å². The number of nitrogens with zero attached hydrogens (tertiary/aromatic N) is 3. The molecule has 1 saturated heterocycles. The van der Waals surface area contributed by atoms with Crippen LogP contribution < -0.4 is 32.3 Å². The summed E-state index contributed by atoms with van der Waals surface area (Å²) in [6.45, 7) is 7.64. The van der Waals surface area contributed by atoms with Crippen LogP contribution in [-0.4, -0.2) is 129 Å². The molecular formula is C59H75FN9O10S+. The number of β-amino-alcohol motifs (C(OH)–C–C–N with tert-alkyl or cyclic N) is 1. The number of ketones is 1. The number of quaternary nitrogens is 1. The third-order valence-electron chi connectivity index (χ3n) is 14.9. The highest BCUT2D eigenvalue weighted by atomic mass is 32.1. The lowest BCUT2D eigenvalue weighted by Gasteiger charge is -2.36. The average Bonchev–Trinajstić information content (AvgIpc) is 3.66. The van der Waals surface area contributed by atoms with Gasteiger partial charge in [0.05, 0.1) is 52.3 Å². The highest BCUT2D eigenvalue weighted by molar-refractivity contribution is 7.13. The maximum Gasteiger partial charge on any atom is 0.305 e. The Morgan fingerprint density at radius 2 is 1.62 bits per heavy atom. The molecule has 2 aliphatic carbocycles. The summed E-state index contributed by atoms with van der Waals surface area (Å²) in [5, 5.41) is 35.7. The van der Waals surface area contributed by atoms with E-state index in [4.69, 9.17) is 0 Å². The first-order valence-corrected chi connectivity index (χ1v) is 28.3. The van der Waals surface area contributed by atoms with Crippen molar-refractivity contribution in [2.45, 2.75) is 141 Å². The largest absolute Gasteiger partial charge is 0.507 e. The van der Waals surface area contributed by atoms with Crippen LogP contribution >= 0.6 is 11.3 Å². The number of hydrogen-bond donors (Lipinski definition) is 8. The number of likely N-dealkylation sites (N-methyl/N-ethyl adjacent to an activating group) is 1. The SMILES string of the molecule is Cc1ncsc1-c1ccc([C@H](CC(=O)NCCCCCCCC(=O)NCCN(C)C(=O)c2ccc(C(=O)/C=C(\[NH3+])C(=O)NC3CCc4ccccc43)cc2O)NC(=O)[C@@H]2C[C@@H](O)CN2C(=O)[C@@H](NC(=O)C2(F)CC2)C(C)(C)C)cc1. The molecule has 1 aliphatic heterocycles. The number of thiazole rings is 1. The Morgan fingerprint density at radius 3 is 2.31 bits per heavy atom. The van der Waals surface area contributed by atoms with Crippen molar-refractivity contribution < 1.29 is 58.7 Å². The Bertz CT molecular complexity index is 2970. The first-order chi connectivity index (χ1) is 38.0. The normalized spacial score (nSPS) is 18.1. The predicted molar refractivity (Wildman–Crippen MR) is 298 cm³/mol. The number of rotatable bonds is 25. The van der Waals surface area contributed by atoms with Gasteiger partial charge in [-0.15, -0.1) is 11.3 Å². The molecule has 1 unspecified atom stereocenters. The number of unbranched alkanes of at least 4 members (excludes halogenated alkanes) is 4. The lowest BCUT2D eigenvalue weighted by Crippen LogP contribution is -2.59.